The van der Waals surface area contributed by atoms with Gasteiger partial charge in [0, 0.05) is 7.05 Å². The highest BCUT2D eigenvalue weighted by atomic mass is 32.1. The number of H-pyrrole nitrogens is 1. The maximum Gasteiger partial charge on any atom is 0.274 e. The maximum atomic E-state index is 12.6. The number of fused-ring (bicyclic) bond motifs is 2. The zero-order valence-corrected chi connectivity index (χ0v) is 14.1. The van der Waals surface area contributed by atoms with Crippen molar-refractivity contribution in [2.24, 2.45) is 0 Å². The number of carbonyl (C=O) groups excluding carboxylic acids is 1. The smallest absolute Gasteiger partial charge is 0.274 e. The maximum absolute atomic E-state index is 12.6. The SMILES string of the molecule is CN(Cc1nc2ccsc2c(=O)[nH]1)C(=O)c1cnc2ccccc2n1. The molecule has 124 valence electrons. The number of benzene rings is 1. The van der Waals surface area contributed by atoms with Gasteiger partial charge in [0.2, 0.25) is 0 Å². The Labute approximate surface area is 146 Å². The number of carbonyl (C=O) groups is 1. The Morgan fingerprint density at radius 1 is 1.16 bits per heavy atom. The Balaban J connectivity index is 1.61. The molecular weight excluding hydrogens is 338 g/mol. The predicted molar refractivity (Wildman–Crippen MR) is 95.6 cm³/mol. The lowest BCUT2D eigenvalue weighted by atomic mass is 10.3. The second-order valence-corrected chi connectivity index (χ2v) is 6.47. The quantitative estimate of drug-likeness (QED) is 0.611. The minimum atomic E-state index is -0.286. The van der Waals surface area contributed by atoms with Crippen molar-refractivity contribution in [2.75, 3.05) is 7.05 Å². The van der Waals surface area contributed by atoms with Crippen LogP contribution in [0.5, 0.6) is 0 Å². The van der Waals surface area contributed by atoms with Crippen molar-refractivity contribution in [3.63, 3.8) is 0 Å². The molecule has 3 aromatic heterocycles. The summed E-state index contributed by atoms with van der Waals surface area (Å²) < 4.78 is 0.582. The van der Waals surface area contributed by atoms with Crippen LogP contribution in [0.15, 0.2) is 46.7 Å². The van der Waals surface area contributed by atoms with Crippen LogP contribution in [0.2, 0.25) is 0 Å². The molecule has 0 atom stereocenters. The highest BCUT2D eigenvalue weighted by molar-refractivity contribution is 7.17. The van der Waals surface area contributed by atoms with Gasteiger partial charge >= 0.3 is 0 Å². The molecule has 4 aromatic rings. The van der Waals surface area contributed by atoms with E-state index in [1.807, 2.05) is 29.6 Å². The van der Waals surface area contributed by atoms with Gasteiger partial charge in [-0.2, -0.15) is 0 Å². The average Bonchev–Trinajstić information content (AvgIpc) is 3.09. The number of para-hydroxylation sites is 2. The molecule has 7 nitrogen and oxygen atoms in total. The van der Waals surface area contributed by atoms with E-state index >= 15 is 0 Å². The molecule has 0 saturated carbocycles. The molecule has 1 N–H and O–H groups in total. The number of hydrogen-bond donors (Lipinski definition) is 1. The zero-order valence-electron chi connectivity index (χ0n) is 13.3. The Hall–Kier alpha value is -3.13. The highest BCUT2D eigenvalue weighted by Crippen LogP contribution is 2.15. The van der Waals surface area contributed by atoms with Crippen LogP contribution in [0, 0.1) is 0 Å². The minimum absolute atomic E-state index is 0.175. The van der Waals surface area contributed by atoms with Gasteiger partial charge in [-0.25, -0.2) is 9.97 Å². The number of amides is 1. The number of aromatic nitrogens is 4. The first-order chi connectivity index (χ1) is 12.1. The van der Waals surface area contributed by atoms with Crippen LogP contribution in [0.1, 0.15) is 16.3 Å². The molecule has 0 fully saturated rings. The van der Waals surface area contributed by atoms with Crippen molar-refractivity contribution in [3.05, 3.63) is 63.8 Å². The fourth-order valence-corrected chi connectivity index (χ4v) is 3.27. The molecule has 0 bridgehead atoms. The van der Waals surface area contributed by atoms with Crippen LogP contribution in [-0.4, -0.2) is 37.8 Å². The first-order valence-corrected chi connectivity index (χ1v) is 8.43. The summed E-state index contributed by atoms with van der Waals surface area (Å²) in [6.07, 6.45) is 1.46. The van der Waals surface area contributed by atoms with Gasteiger partial charge in [-0.3, -0.25) is 14.6 Å². The molecule has 0 unspecified atom stereocenters. The standard InChI is InChI=1S/C17H13N5O2S/c1-22(9-14-20-12-6-7-25-15(12)16(23)21-14)17(24)13-8-18-10-4-2-3-5-11(10)19-13/h2-8H,9H2,1H3,(H,20,21,23). The highest BCUT2D eigenvalue weighted by Gasteiger charge is 2.16. The van der Waals surface area contributed by atoms with E-state index in [9.17, 15) is 9.59 Å². The van der Waals surface area contributed by atoms with Crippen molar-refractivity contribution in [1.82, 2.24) is 24.8 Å². The van der Waals surface area contributed by atoms with Crippen LogP contribution < -0.4 is 5.56 Å². The van der Waals surface area contributed by atoms with Crippen molar-refractivity contribution in [2.45, 2.75) is 6.54 Å². The summed E-state index contributed by atoms with van der Waals surface area (Å²) in [6.45, 7) is 0.175. The van der Waals surface area contributed by atoms with Crippen molar-refractivity contribution >= 4 is 38.5 Å². The van der Waals surface area contributed by atoms with Gasteiger partial charge in [0.05, 0.1) is 29.3 Å². The summed E-state index contributed by atoms with van der Waals surface area (Å²) in [6, 6.07) is 9.15. The summed E-state index contributed by atoms with van der Waals surface area (Å²) in [4.78, 5) is 41.8. The lowest BCUT2D eigenvalue weighted by molar-refractivity contribution is 0.0775. The van der Waals surface area contributed by atoms with Gasteiger partial charge in [-0.15, -0.1) is 11.3 Å². The third-order valence-corrected chi connectivity index (χ3v) is 4.67. The normalized spacial score (nSPS) is 11.1. The molecule has 0 aliphatic heterocycles. The number of nitrogens with one attached hydrogen (secondary N) is 1. The number of thiophene rings is 1. The van der Waals surface area contributed by atoms with E-state index < -0.39 is 0 Å². The van der Waals surface area contributed by atoms with E-state index in [0.717, 1.165) is 5.52 Å². The van der Waals surface area contributed by atoms with E-state index in [1.165, 1.54) is 22.4 Å². The van der Waals surface area contributed by atoms with Gasteiger partial charge < -0.3 is 9.88 Å². The summed E-state index contributed by atoms with van der Waals surface area (Å²) in [5.74, 6) is 0.145. The first kappa shape index (κ1) is 15.4. The molecule has 0 spiro atoms. The molecule has 4 rings (SSSR count). The van der Waals surface area contributed by atoms with Gasteiger partial charge in [-0.05, 0) is 23.6 Å². The summed E-state index contributed by atoms with van der Waals surface area (Å²) >= 11 is 1.34. The van der Waals surface area contributed by atoms with E-state index in [0.29, 0.717) is 21.6 Å². The number of hydrogen-bond acceptors (Lipinski definition) is 6. The molecule has 8 heteroatoms. The minimum Gasteiger partial charge on any atom is -0.333 e. The van der Waals surface area contributed by atoms with E-state index in [-0.39, 0.29) is 23.7 Å². The average molecular weight is 351 g/mol. The lowest BCUT2D eigenvalue weighted by Crippen LogP contribution is -2.29. The molecule has 1 aromatic carbocycles. The van der Waals surface area contributed by atoms with Crippen LogP contribution in [0.4, 0.5) is 0 Å². The zero-order chi connectivity index (χ0) is 17.4. The van der Waals surface area contributed by atoms with E-state index in [2.05, 4.69) is 19.9 Å². The Morgan fingerprint density at radius 2 is 1.96 bits per heavy atom. The molecule has 0 aliphatic carbocycles. The van der Waals surface area contributed by atoms with Gasteiger partial charge in [0.15, 0.2) is 0 Å². The van der Waals surface area contributed by atoms with Gasteiger partial charge in [-0.1, -0.05) is 12.1 Å². The molecule has 0 aliphatic rings. The lowest BCUT2D eigenvalue weighted by Gasteiger charge is -2.16. The second-order valence-electron chi connectivity index (χ2n) is 5.55. The van der Waals surface area contributed by atoms with E-state index in [1.54, 1.807) is 13.1 Å². The van der Waals surface area contributed by atoms with Crippen molar-refractivity contribution < 1.29 is 4.79 Å². The Kier molecular flexibility index (Phi) is 3.73. The molecule has 0 radical (unpaired) electrons. The molecule has 0 saturated heterocycles. The van der Waals surface area contributed by atoms with Crippen LogP contribution in [0.25, 0.3) is 21.3 Å². The predicted octanol–water partition coefficient (Wildman–Crippen LogP) is 2.20. The van der Waals surface area contributed by atoms with E-state index in [4.69, 9.17) is 0 Å². The van der Waals surface area contributed by atoms with Crippen molar-refractivity contribution in [1.29, 1.82) is 0 Å². The topological polar surface area (TPSA) is 91.8 Å². The first-order valence-electron chi connectivity index (χ1n) is 7.55. The number of aromatic amines is 1. The Bertz CT molecular complexity index is 1150. The summed E-state index contributed by atoms with van der Waals surface area (Å²) in [7, 11) is 1.64. The van der Waals surface area contributed by atoms with Crippen LogP contribution in [0.3, 0.4) is 0 Å². The van der Waals surface area contributed by atoms with Crippen molar-refractivity contribution in [3.8, 4) is 0 Å². The third kappa shape index (κ3) is 2.87. The molecular formula is C17H13N5O2S. The molecule has 1 amide bonds. The van der Waals surface area contributed by atoms with Gasteiger partial charge in [0.1, 0.15) is 16.2 Å². The fraction of sp³-hybridized carbons (Fsp3) is 0.118. The number of rotatable bonds is 3. The number of nitrogens with zero attached hydrogens (tertiary/aromatic N) is 4. The summed E-state index contributed by atoms with van der Waals surface area (Å²) in [5, 5.41) is 1.82. The largest absolute Gasteiger partial charge is 0.333 e. The van der Waals surface area contributed by atoms with Crippen LogP contribution >= 0.6 is 11.3 Å². The molecule has 25 heavy (non-hydrogen) atoms. The fourth-order valence-electron chi connectivity index (χ4n) is 2.55. The third-order valence-electron chi connectivity index (χ3n) is 3.77. The second kappa shape index (κ2) is 6.06. The van der Waals surface area contributed by atoms with Crippen LogP contribution in [-0.2, 0) is 6.54 Å². The monoisotopic (exact) mass is 351 g/mol. The Morgan fingerprint density at radius 3 is 2.80 bits per heavy atom. The molecule has 3 heterocycles. The summed E-state index contributed by atoms with van der Waals surface area (Å²) in [5.41, 5.74) is 2.08. The van der Waals surface area contributed by atoms with Gasteiger partial charge in [0.25, 0.3) is 11.5 Å².